The maximum atomic E-state index is 4.20. The van der Waals surface area contributed by atoms with Crippen molar-refractivity contribution in [2.45, 2.75) is 12.5 Å². The van der Waals surface area contributed by atoms with Crippen LogP contribution in [0.15, 0.2) is 65.7 Å². The van der Waals surface area contributed by atoms with Gasteiger partial charge in [-0.05, 0) is 24.3 Å². The molecule has 2 aromatic carbocycles. The summed E-state index contributed by atoms with van der Waals surface area (Å²) in [4.78, 5) is 4.20. The van der Waals surface area contributed by atoms with E-state index in [-0.39, 0.29) is 6.04 Å². The van der Waals surface area contributed by atoms with Gasteiger partial charge in [0.2, 0.25) is 0 Å². The number of nitrogens with zero attached hydrogens (tertiary/aromatic N) is 1. The molecule has 1 heteroatoms. The van der Waals surface area contributed by atoms with E-state index >= 15 is 0 Å². The average Bonchev–Trinajstić information content (AvgIpc) is 2.38. The van der Waals surface area contributed by atoms with Gasteiger partial charge in [0.15, 0.2) is 0 Å². The fraction of sp³-hybridized carbons (Fsp3) is 0.133. The van der Waals surface area contributed by atoms with Crippen molar-refractivity contribution in [3.8, 4) is 0 Å². The Morgan fingerprint density at radius 2 is 1.44 bits per heavy atom. The largest absolute Gasteiger partial charge is 0.293 e. The molecular weight excluding hydrogens is 194 g/mol. The molecule has 0 aliphatic heterocycles. The van der Waals surface area contributed by atoms with Gasteiger partial charge in [0.1, 0.15) is 0 Å². The standard InChI is InChI=1S/C15H15N/c1-16-15(14-10-6-3-7-11-14)12-13-8-4-2-5-9-13/h2-11,15H,1,12H2. The number of rotatable bonds is 4. The van der Waals surface area contributed by atoms with E-state index < -0.39 is 0 Å². The second kappa shape index (κ2) is 5.26. The topological polar surface area (TPSA) is 12.4 Å². The van der Waals surface area contributed by atoms with Crippen molar-refractivity contribution in [3.05, 3.63) is 71.8 Å². The van der Waals surface area contributed by atoms with Crippen LogP contribution in [0.25, 0.3) is 0 Å². The minimum absolute atomic E-state index is 0.156. The lowest BCUT2D eigenvalue weighted by atomic mass is 10.00. The highest BCUT2D eigenvalue weighted by molar-refractivity contribution is 5.30. The molecule has 1 unspecified atom stereocenters. The molecule has 0 bridgehead atoms. The van der Waals surface area contributed by atoms with Gasteiger partial charge in [-0.2, -0.15) is 0 Å². The van der Waals surface area contributed by atoms with Crippen LogP contribution < -0.4 is 0 Å². The molecule has 16 heavy (non-hydrogen) atoms. The Hall–Kier alpha value is -1.89. The molecular formula is C15H15N. The highest BCUT2D eigenvalue weighted by Crippen LogP contribution is 2.21. The van der Waals surface area contributed by atoms with Crippen molar-refractivity contribution in [1.29, 1.82) is 0 Å². The third-order valence-electron chi connectivity index (χ3n) is 2.68. The lowest BCUT2D eigenvalue weighted by Gasteiger charge is -2.12. The SMILES string of the molecule is C=NC(Cc1ccccc1)c1ccccc1. The molecule has 0 aliphatic rings. The number of hydrogen-bond acceptors (Lipinski definition) is 1. The molecule has 0 N–H and O–H groups in total. The van der Waals surface area contributed by atoms with Gasteiger partial charge in [-0.15, -0.1) is 0 Å². The van der Waals surface area contributed by atoms with Crippen molar-refractivity contribution in [2.75, 3.05) is 0 Å². The molecule has 0 amide bonds. The molecule has 0 aliphatic carbocycles. The molecule has 80 valence electrons. The Kier molecular flexibility index (Phi) is 3.50. The molecule has 2 aromatic rings. The first kappa shape index (κ1) is 10.6. The minimum atomic E-state index is 0.156. The summed E-state index contributed by atoms with van der Waals surface area (Å²) < 4.78 is 0. The first-order chi connectivity index (χ1) is 7.90. The van der Waals surface area contributed by atoms with Gasteiger partial charge in [-0.25, -0.2) is 0 Å². The summed E-state index contributed by atoms with van der Waals surface area (Å²) in [5.41, 5.74) is 2.52. The van der Waals surface area contributed by atoms with Gasteiger partial charge in [-0.3, -0.25) is 4.99 Å². The fourth-order valence-electron chi connectivity index (χ4n) is 1.80. The van der Waals surface area contributed by atoms with Gasteiger partial charge in [0.25, 0.3) is 0 Å². The first-order valence-electron chi connectivity index (χ1n) is 5.45. The Balaban J connectivity index is 2.16. The molecule has 1 nitrogen and oxygen atoms in total. The molecule has 0 saturated carbocycles. The highest BCUT2D eigenvalue weighted by atomic mass is 14.7. The number of benzene rings is 2. The Morgan fingerprint density at radius 1 is 0.875 bits per heavy atom. The van der Waals surface area contributed by atoms with Crippen LogP contribution in [0.4, 0.5) is 0 Å². The Bertz CT molecular complexity index is 434. The van der Waals surface area contributed by atoms with Crippen molar-refractivity contribution >= 4 is 6.72 Å². The van der Waals surface area contributed by atoms with E-state index in [1.165, 1.54) is 11.1 Å². The van der Waals surface area contributed by atoms with Crippen molar-refractivity contribution in [2.24, 2.45) is 4.99 Å². The van der Waals surface area contributed by atoms with E-state index in [0.29, 0.717) is 0 Å². The fourth-order valence-corrected chi connectivity index (χ4v) is 1.80. The Morgan fingerprint density at radius 3 is 2.00 bits per heavy atom. The second-order valence-corrected chi connectivity index (χ2v) is 3.80. The first-order valence-corrected chi connectivity index (χ1v) is 5.45. The van der Waals surface area contributed by atoms with Gasteiger partial charge in [0, 0.05) is 0 Å². The van der Waals surface area contributed by atoms with Gasteiger partial charge < -0.3 is 0 Å². The van der Waals surface area contributed by atoms with Crippen LogP contribution in [0.3, 0.4) is 0 Å². The van der Waals surface area contributed by atoms with Crippen LogP contribution in [-0.2, 0) is 6.42 Å². The molecule has 1 atom stereocenters. The molecule has 0 saturated heterocycles. The van der Waals surface area contributed by atoms with E-state index in [2.05, 4.69) is 48.1 Å². The van der Waals surface area contributed by atoms with Crippen molar-refractivity contribution < 1.29 is 0 Å². The average molecular weight is 209 g/mol. The summed E-state index contributed by atoms with van der Waals surface area (Å²) in [7, 11) is 0. The summed E-state index contributed by atoms with van der Waals surface area (Å²) in [6.07, 6.45) is 0.911. The summed E-state index contributed by atoms with van der Waals surface area (Å²) >= 11 is 0. The summed E-state index contributed by atoms with van der Waals surface area (Å²) in [5, 5.41) is 0. The molecule has 0 radical (unpaired) electrons. The van der Waals surface area contributed by atoms with E-state index in [9.17, 15) is 0 Å². The van der Waals surface area contributed by atoms with Crippen LogP contribution in [0.5, 0.6) is 0 Å². The summed E-state index contributed by atoms with van der Waals surface area (Å²) in [5.74, 6) is 0. The number of aliphatic imine (C=N–C) groups is 1. The van der Waals surface area contributed by atoms with Crippen LogP contribution >= 0.6 is 0 Å². The highest BCUT2D eigenvalue weighted by Gasteiger charge is 2.08. The zero-order chi connectivity index (χ0) is 11.2. The summed E-state index contributed by atoms with van der Waals surface area (Å²) in [6.45, 7) is 3.68. The maximum Gasteiger partial charge on any atom is 0.0782 e. The smallest absolute Gasteiger partial charge is 0.0782 e. The third-order valence-corrected chi connectivity index (χ3v) is 2.68. The van der Waals surface area contributed by atoms with Crippen molar-refractivity contribution in [1.82, 2.24) is 0 Å². The van der Waals surface area contributed by atoms with E-state index in [0.717, 1.165) is 6.42 Å². The molecule has 0 heterocycles. The molecule has 0 fully saturated rings. The van der Waals surface area contributed by atoms with E-state index in [1.807, 2.05) is 24.3 Å². The zero-order valence-corrected chi connectivity index (χ0v) is 9.21. The van der Waals surface area contributed by atoms with Crippen LogP contribution in [0.2, 0.25) is 0 Å². The Labute approximate surface area is 96.5 Å². The van der Waals surface area contributed by atoms with Gasteiger partial charge >= 0.3 is 0 Å². The number of hydrogen-bond donors (Lipinski definition) is 0. The quantitative estimate of drug-likeness (QED) is 0.681. The maximum absolute atomic E-state index is 4.20. The van der Waals surface area contributed by atoms with Crippen LogP contribution in [0.1, 0.15) is 17.2 Å². The van der Waals surface area contributed by atoms with Crippen molar-refractivity contribution in [3.63, 3.8) is 0 Å². The third kappa shape index (κ3) is 2.57. The second-order valence-electron chi connectivity index (χ2n) is 3.80. The minimum Gasteiger partial charge on any atom is -0.293 e. The van der Waals surface area contributed by atoms with Crippen LogP contribution in [0, 0.1) is 0 Å². The zero-order valence-electron chi connectivity index (χ0n) is 9.21. The van der Waals surface area contributed by atoms with E-state index in [4.69, 9.17) is 0 Å². The molecule has 2 rings (SSSR count). The van der Waals surface area contributed by atoms with Crippen LogP contribution in [-0.4, -0.2) is 6.72 Å². The molecule has 0 aromatic heterocycles. The predicted molar refractivity (Wildman–Crippen MR) is 68.9 cm³/mol. The predicted octanol–water partition coefficient (Wildman–Crippen LogP) is 3.67. The van der Waals surface area contributed by atoms with Gasteiger partial charge in [-0.1, -0.05) is 60.7 Å². The van der Waals surface area contributed by atoms with Gasteiger partial charge in [0.05, 0.1) is 6.04 Å². The lowest BCUT2D eigenvalue weighted by molar-refractivity contribution is 0.730. The van der Waals surface area contributed by atoms with E-state index in [1.54, 1.807) is 0 Å². The normalized spacial score (nSPS) is 12.0. The molecule has 0 spiro atoms. The summed E-state index contributed by atoms with van der Waals surface area (Å²) in [6, 6.07) is 20.8. The monoisotopic (exact) mass is 209 g/mol. The lowest BCUT2D eigenvalue weighted by Crippen LogP contribution is -1.99.